The molecular formula is C16H25N3O. The number of hydrogen-bond donors (Lipinski definition) is 2. The van der Waals surface area contributed by atoms with E-state index in [2.05, 4.69) is 36.6 Å². The van der Waals surface area contributed by atoms with Crippen molar-refractivity contribution in [2.75, 3.05) is 26.2 Å². The van der Waals surface area contributed by atoms with Gasteiger partial charge in [0.25, 0.3) is 0 Å². The number of nitrogens with zero attached hydrogens (tertiary/aromatic N) is 1. The lowest BCUT2D eigenvalue weighted by atomic mass is 9.93. The first-order valence-corrected chi connectivity index (χ1v) is 7.59. The zero-order valence-corrected chi connectivity index (χ0v) is 12.5. The van der Waals surface area contributed by atoms with Crippen LogP contribution in [0.4, 0.5) is 0 Å². The standard InChI is InChI=1S/C16H25N3O/c1-3-10-18-16(17-4-2)19-12-13-9-11-20-15-8-6-5-7-14(13)15/h5-8,13H,3-4,9-12H2,1-2H3,(H2,17,18,19). The first kappa shape index (κ1) is 14.7. The molecule has 4 nitrogen and oxygen atoms in total. The molecule has 1 aliphatic rings. The summed E-state index contributed by atoms with van der Waals surface area (Å²) in [6.45, 7) is 7.68. The summed E-state index contributed by atoms with van der Waals surface area (Å²) in [5, 5.41) is 6.63. The highest BCUT2D eigenvalue weighted by atomic mass is 16.5. The van der Waals surface area contributed by atoms with Crippen LogP contribution in [0.1, 0.15) is 38.2 Å². The maximum atomic E-state index is 5.69. The summed E-state index contributed by atoms with van der Waals surface area (Å²) >= 11 is 0. The summed E-state index contributed by atoms with van der Waals surface area (Å²) in [5.41, 5.74) is 1.29. The highest BCUT2D eigenvalue weighted by Gasteiger charge is 2.20. The van der Waals surface area contributed by atoms with Gasteiger partial charge in [0, 0.05) is 25.6 Å². The molecule has 1 aromatic rings. The van der Waals surface area contributed by atoms with Crippen molar-refractivity contribution in [2.45, 2.75) is 32.6 Å². The van der Waals surface area contributed by atoms with Gasteiger partial charge < -0.3 is 15.4 Å². The van der Waals surface area contributed by atoms with Gasteiger partial charge in [0.2, 0.25) is 0 Å². The Labute approximate surface area is 121 Å². The molecule has 0 spiro atoms. The SMILES string of the molecule is CCCNC(=NCC1CCOc2ccccc21)NCC. The quantitative estimate of drug-likeness (QED) is 0.641. The van der Waals surface area contributed by atoms with Crippen LogP contribution >= 0.6 is 0 Å². The second kappa shape index (κ2) is 7.78. The Bertz CT molecular complexity index is 445. The average Bonchev–Trinajstić information content (AvgIpc) is 2.50. The van der Waals surface area contributed by atoms with E-state index in [9.17, 15) is 0 Å². The summed E-state index contributed by atoms with van der Waals surface area (Å²) in [6.07, 6.45) is 2.14. The third-order valence-electron chi connectivity index (χ3n) is 3.44. The molecule has 1 heterocycles. The third kappa shape index (κ3) is 3.89. The fraction of sp³-hybridized carbons (Fsp3) is 0.562. The Kier molecular flexibility index (Phi) is 5.71. The van der Waals surface area contributed by atoms with Gasteiger partial charge in [-0.1, -0.05) is 25.1 Å². The minimum absolute atomic E-state index is 0.456. The lowest BCUT2D eigenvalue weighted by Gasteiger charge is -2.25. The molecule has 0 fully saturated rings. The van der Waals surface area contributed by atoms with E-state index in [1.807, 2.05) is 12.1 Å². The second-order valence-electron chi connectivity index (χ2n) is 5.02. The molecule has 0 saturated heterocycles. The highest BCUT2D eigenvalue weighted by molar-refractivity contribution is 5.79. The van der Waals surface area contributed by atoms with Gasteiger partial charge in [-0.3, -0.25) is 4.99 Å². The summed E-state index contributed by atoms with van der Waals surface area (Å²) in [5.74, 6) is 2.39. The molecule has 1 unspecified atom stereocenters. The number of nitrogens with one attached hydrogen (secondary N) is 2. The molecule has 0 aromatic heterocycles. The lowest BCUT2D eigenvalue weighted by Crippen LogP contribution is -2.38. The molecule has 1 atom stereocenters. The molecule has 1 aromatic carbocycles. The molecule has 0 radical (unpaired) electrons. The number of ether oxygens (including phenoxy) is 1. The molecule has 20 heavy (non-hydrogen) atoms. The van der Waals surface area contributed by atoms with E-state index in [1.54, 1.807) is 0 Å². The zero-order chi connectivity index (χ0) is 14.2. The first-order valence-electron chi connectivity index (χ1n) is 7.59. The van der Waals surface area contributed by atoms with E-state index in [-0.39, 0.29) is 0 Å². The lowest BCUT2D eigenvalue weighted by molar-refractivity contribution is 0.269. The van der Waals surface area contributed by atoms with Crippen LogP contribution in [0.2, 0.25) is 0 Å². The minimum Gasteiger partial charge on any atom is -0.493 e. The largest absolute Gasteiger partial charge is 0.493 e. The summed E-state index contributed by atoms with van der Waals surface area (Å²) < 4.78 is 5.69. The second-order valence-corrected chi connectivity index (χ2v) is 5.02. The Hall–Kier alpha value is -1.71. The van der Waals surface area contributed by atoms with Crippen LogP contribution < -0.4 is 15.4 Å². The van der Waals surface area contributed by atoms with E-state index >= 15 is 0 Å². The highest BCUT2D eigenvalue weighted by Crippen LogP contribution is 2.33. The number of guanidine groups is 1. The van der Waals surface area contributed by atoms with Crippen molar-refractivity contribution in [3.05, 3.63) is 29.8 Å². The van der Waals surface area contributed by atoms with Crippen molar-refractivity contribution >= 4 is 5.96 Å². The Balaban J connectivity index is 2.02. The van der Waals surface area contributed by atoms with Crippen LogP contribution in [0.15, 0.2) is 29.3 Å². The number of aliphatic imine (C=N–C) groups is 1. The molecule has 0 saturated carbocycles. The van der Waals surface area contributed by atoms with Gasteiger partial charge in [-0.05, 0) is 31.4 Å². The molecule has 2 N–H and O–H groups in total. The van der Waals surface area contributed by atoms with Crippen molar-refractivity contribution in [3.63, 3.8) is 0 Å². The molecule has 0 aliphatic carbocycles. The van der Waals surface area contributed by atoms with Crippen molar-refractivity contribution in [2.24, 2.45) is 4.99 Å². The molecule has 110 valence electrons. The van der Waals surface area contributed by atoms with Crippen molar-refractivity contribution in [1.82, 2.24) is 10.6 Å². The van der Waals surface area contributed by atoms with Gasteiger partial charge in [-0.2, -0.15) is 0 Å². The van der Waals surface area contributed by atoms with Crippen LogP contribution in [0.5, 0.6) is 5.75 Å². The minimum atomic E-state index is 0.456. The molecule has 1 aliphatic heterocycles. The van der Waals surface area contributed by atoms with E-state index in [1.165, 1.54) is 5.56 Å². The normalized spacial score (nSPS) is 18.1. The molecule has 4 heteroatoms. The monoisotopic (exact) mass is 275 g/mol. The van der Waals surface area contributed by atoms with Gasteiger partial charge >= 0.3 is 0 Å². The fourth-order valence-electron chi connectivity index (χ4n) is 2.39. The maximum Gasteiger partial charge on any atom is 0.191 e. The number of fused-ring (bicyclic) bond motifs is 1. The van der Waals surface area contributed by atoms with Gasteiger partial charge in [0.05, 0.1) is 6.61 Å². The van der Waals surface area contributed by atoms with E-state index in [4.69, 9.17) is 9.73 Å². The van der Waals surface area contributed by atoms with Gasteiger partial charge in [0.1, 0.15) is 5.75 Å². The fourth-order valence-corrected chi connectivity index (χ4v) is 2.39. The molecular weight excluding hydrogens is 250 g/mol. The Morgan fingerprint density at radius 3 is 2.95 bits per heavy atom. The Morgan fingerprint density at radius 2 is 2.15 bits per heavy atom. The smallest absolute Gasteiger partial charge is 0.191 e. The van der Waals surface area contributed by atoms with Crippen molar-refractivity contribution in [1.29, 1.82) is 0 Å². The summed E-state index contributed by atoms with van der Waals surface area (Å²) in [7, 11) is 0. The van der Waals surface area contributed by atoms with Crippen LogP contribution in [0, 0.1) is 0 Å². The number of para-hydroxylation sites is 1. The number of hydrogen-bond acceptors (Lipinski definition) is 2. The van der Waals surface area contributed by atoms with E-state index in [0.29, 0.717) is 5.92 Å². The number of benzene rings is 1. The van der Waals surface area contributed by atoms with Gasteiger partial charge in [-0.25, -0.2) is 0 Å². The summed E-state index contributed by atoms with van der Waals surface area (Å²) in [4.78, 5) is 4.71. The zero-order valence-electron chi connectivity index (χ0n) is 12.5. The molecule has 0 amide bonds. The number of rotatable bonds is 5. The summed E-state index contributed by atoms with van der Waals surface area (Å²) in [6, 6.07) is 8.30. The van der Waals surface area contributed by atoms with Crippen LogP contribution in [0.3, 0.4) is 0 Å². The molecule has 2 rings (SSSR count). The van der Waals surface area contributed by atoms with Crippen molar-refractivity contribution in [3.8, 4) is 5.75 Å². The average molecular weight is 275 g/mol. The van der Waals surface area contributed by atoms with Gasteiger partial charge in [-0.15, -0.1) is 0 Å². The van der Waals surface area contributed by atoms with Gasteiger partial charge in [0.15, 0.2) is 5.96 Å². The maximum absolute atomic E-state index is 5.69. The molecule has 0 bridgehead atoms. The van der Waals surface area contributed by atoms with Crippen LogP contribution in [-0.2, 0) is 0 Å². The first-order chi connectivity index (χ1) is 9.85. The Morgan fingerprint density at radius 1 is 1.30 bits per heavy atom. The topological polar surface area (TPSA) is 45.7 Å². The van der Waals surface area contributed by atoms with Crippen molar-refractivity contribution < 1.29 is 4.74 Å². The van der Waals surface area contributed by atoms with E-state index in [0.717, 1.165) is 50.8 Å². The van der Waals surface area contributed by atoms with Crippen LogP contribution in [-0.4, -0.2) is 32.2 Å². The predicted octanol–water partition coefficient (Wildman–Crippen LogP) is 2.52. The third-order valence-corrected chi connectivity index (χ3v) is 3.44. The van der Waals surface area contributed by atoms with E-state index < -0.39 is 0 Å². The van der Waals surface area contributed by atoms with Crippen LogP contribution in [0.25, 0.3) is 0 Å². The predicted molar refractivity (Wildman–Crippen MR) is 83.6 cm³/mol.